The van der Waals surface area contributed by atoms with Gasteiger partial charge in [0.15, 0.2) is 0 Å². The van der Waals surface area contributed by atoms with Gasteiger partial charge in [-0.1, -0.05) is 22.9 Å². The van der Waals surface area contributed by atoms with Crippen LogP contribution in [0.2, 0.25) is 0 Å². The van der Waals surface area contributed by atoms with E-state index in [4.69, 9.17) is 0 Å². The van der Waals surface area contributed by atoms with Crippen LogP contribution in [0.4, 0.5) is 0 Å². The maximum absolute atomic E-state index is 11.5. The lowest BCUT2D eigenvalue weighted by molar-refractivity contribution is -0.121. The fraction of sp³-hybridized carbons (Fsp3) is 0.556. The van der Waals surface area contributed by atoms with Crippen molar-refractivity contribution in [1.82, 2.24) is 15.3 Å². The number of carbonyl (C=O) groups excluding carboxylic acids is 1. The standard InChI is InChI=1S/C9H14BrN3O/c1-3-7(10)9(14)13-6(2)8-11-4-5-12-8/h4-7H,3H2,1-2H3,(H,11,12)(H,13,14). The predicted octanol–water partition coefficient (Wildman–Crippen LogP) is 1.76. The molecule has 1 amide bonds. The second-order valence-electron chi connectivity index (χ2n) is 3.08. The average Bonchev–Trinajstić information content (AvgIpc) is 2.69. The molecule has 2 atom stereocenters. The van der Waals surface area contributed by atoms with Gasteiger partial charge in [-0.2, -0.15) is 0 Å². The van der Waals surface area contributed by atoms with Crippen molar-refractivity contribution < 1.29 is 4.79 Å². The highest BCUT2D eigenvalue weighted by Gasteiger charge is 2.16. The Morgan fingerprint density at radius 1 is 1.79 bits per heavy atom. The molecule has 0 saturated carbocycles. The van der Waals surface area contributed by atoms with Crippen LogP contribution in [-0.4, -0.2) is 20.7 Å². The van der Waals surface area contributed by atoms with Gasteiger partial charge in [-0.3, -0.25) is 4.79 Å². The van der Waals surface area contributed by atoms with Crippen LogP contribution >= 0.6 is 15.9 Å². The Morgan fingerprint density at radius 2 is 2.50 bits per heavy atom. The molecule has 0 bridgehead atoms. The lowest BCUT2D eigenvalue weighted by atomic mass is 10.2. The lowest BCUT2D eigenvalue weighted by Crippen LogP contribution is -2.33. The molecule has 0 aromatic carbocycles. The monoisotopic (exact) mass is 259 g/mol. The molecular formula is C9H14BrN3O. The van der Waals surface area contributed by atoms with Crippen LogP contribution < -0.4 is 5.32 Å². The van der Waals surface area contributed by atoms with E-state index in [0.29, 0.717) is 0 Å². The Kier molecular flexibility index (Phi) is 4.13. The summed E-state index contributed by atoms with van der Waals surface area (Å²) in [4.78, 5) is 18.4. The summed E-state index contributed by atoms with van der Waals surface area (Å²) < 4.78 is 0. The van der Waals surface area contributed by atoms with Crippen molar-refractivity contribution in [2.75, 3.05) is 0 Å². The molecule has 0 aliphatic rings. The van der Waals surface area contributed by atoms with Crippen molar-refractivity contribution in [3.05, 3.63) is 18.2 Å². The van der Waals surface area contributed by atoms with Gasteiger partial charge in [0.25, 0.3) is 0 Å². The van der Waals surface area contributed by atoms with E-state index in [0.717, 1.165) is 12.2 Å². The molecular weight excluding hydrogens is 246 g/mol. The number of nitrogens with zero attached hydrogens (tertiary/aromatic N) is 1. The van der Waals surface area contributed by atoms with Gasteiger partial charge in [-0.15, -0.1) is 0 Å². The molecule has 4 nitrogen and oxygen atoms in total. The third-order valence-corrected chi connectivity index (χ3v) is 2.99. The molecule has 5 heteroatoms. The molecule has 0 saturated heterocycles. The molecule has 0 spiro atoms. The summed E-state index contributed by atoms with van der Waals surface area (Å²) >= 11 is 3.29. The SMILES string of the molecule is CCC(Br)C(=O)NC(C)c1ncc[nH]1. The molecule has 0 radical (unpaired) electrons. The Balaban J connectivity index is 2.49. The van der Waals surface area contributed by atoms with Crippen molar-refractivity contribution in [2.45, 2.75) is 31.1 Å². The van der Waals surface area contributed by atoms with Crippen molar-refractivity contribution in [3.8, 4) is 0 Å². The van der Waals surface area contributed by atoms with Crippen molar-refractivity contribution >= 4 is 21.8 Å². The lowest BCUT2D eigenvalue weighted by Gasteiger charge is -2.13. The number of rotatable bonds is 4. The third-order valence-electron chi connectivity index (χ3n) is 1.93. The topological polar surface area (TPSA) is 57.8 Å². The number of aromatic amines is 1. The first-order valence-electron chi connectivity index (χ1n) is 4.58. The summed E-state index contributed by atoms with van der Waals surface area (Å²) in [5.74, 6) is 0.769. The average molecular weight is 260 g/mol. The minimum absolute atomic E-state index is 0.00333. The molecule has 1 heterocycles. The van der Waals surface area contributed by atoms with Gasteiger partial charge < -0.3 is 10.3 Å². The highest BCUT2D eigenvalue weighted by atomic mass is 79.9. The molecule has 78 valence electrons. The van der Waals surface area contributed by atoms with Gasteiger partial charge in [-0.05, 0) is 13.3 Å². The summed E-state index contributed by atoms with van der Waals surface area (Å²) in [7, 11) is 0. The van der Waals surface area contributed by atoms with Gasteiger partial charge >= 0.3 is 0 Å². The summed E-state index contributed by atoms with van der Waals surface area (Å²) in [5.41, 5.74) is 0. The molecule has 2 unspecified atom stereocenters. The molecule has 1 aromatic rings. The first kappa shape index (κ1) is 11.2. The summed E-state index contributed by atoms with van der Waals surface area (Å²) in [5, 5.41) is 2.85. The van der Waals surface area contributed by atoms with Crippen LogP contribution in [0.5, 0.6) is 0 Å². The summed E-state index contributed by atoms with van der Waals surface area (Å²) in [6.45, 7) is 3.85. The zero-order valence-electron chi connectivity index (χ0n) is 8.25. The van der Waals surface area contributed by atoms with Crippen LogP contribution in [0.15, 0.2) is 12.4 Å². The fourth-order valence-corrected chi connectivity index (χ4v) is 1.20. The molecule has 0 aliphatic heterocycles. The number of aromatic nitrogens is 2. The smallest absolute Gasteiger partial charge is 0.234 e. The van der Waals surface area contributed by atoms with E-state index in [-0.39, 0.29) is 16.8 Å². The largest absolute Gasteiger partial charge is 0.347 e. The molecule has 0 aliphatic carbocycles. The van der Waals surface area contributed by atoms with Crippen LogP contribution in [0.1, 0.15) is 32.1 Å². The maximum Gasteiger partial charge on any atom is 0.234 e. The van der Waals surface area contributed by atoms with E-state index in [2.05, 4.69) is 31.2 Å². The number of halogens is 1. The van der Waals surface area contributed by atoms with Gasteiger partial charge in [0.05, 0.1) is 10.9 Å². The van der Waals surface area contributed by atoms with Crippen LogP contribution in [0.3, 0.4) is 0 Å². The molecule has 2 N–H and O–H groups in total. The molecule has 0 fully saturated rings. The van der Waals surface area contributed by atoms with E-state index in [1.165, 1.54) is 0 Å². The number of hydrogen-bond donors (Lipinski definition) is 2. The predicted molar refractivity (Wildman–Crippen MR) is 58.2 cm³/mol. The van der Waals surface area contributed by atoms with E-state index in [1.807, 2.05) is 13.8 Å². The highest BCUT2D eigenvalue weighted by molar-refractivity contribution is 9.10. The number of imidazole rings is 1. The zero-order valence-corrected chi connectivity index (χ0v) is 9.84. The highest BCUT2D eigenvalue weighted by Crippen LogP contribution is 2.09. The minimum Gasteiger partial charge on any atom is -0.347 e. The quantitative estimate of drug-likeness (QED) is 0.810. The van der Waals surface area contributed by atoms with Crippen LogP contribution in [-0.2, 0) is 4.79 Å². The summed E-state index contributed by atoms with van der Waals surface area (Å²) in [6, 6.07) is -0.0795. The fourth-order valence-electron chi connectivity index (χ4n) is 1.07. The van der Waals surface area contributed by atoms with Gasteiger partial charge in [0, 0.05) is 12.4 Å². The molecule has 1 rings (SSSR count). The first-order valence-corrected chi connectivity index (χ1v) is 5.50. The Hall–Kier alpha value is -0.840. The van der Waals surface area contributed by atoms with E-state index < -0.39 is 0 Å². The Morgan fingerprint density at radius 3 is 3.00 bits per heavy atom. The third kappa shape index (κ3) is 2.83. The van der Waals surface area contributed by atoms with Crippen molar-refractivity contribution in [1.29, 1.82) is 0 Å². The molecule has 14 heavy (non-hydrogen) atoms. The van der Waals surface area contributed by atoms with E-state index in [9.17, 15) is 4.79 Å². The second-order valence-corrected chi connectivity index (χ2v) is 4.19. The Bertz CT molecular complexity index is 286. The van der Waals surface area contributed by atoms with E-state index in [1.54, 1.807) is 12.4 Å². The zero-order chi connectivity index (χ0) is 10.6. The van der Waals surface area contributed by atoms with Crippen LogP contribution in [0.25, 0.3) is 0 Å². The second kappa shape index (κ2) is 5.14. The normalized spacial score (nSPS) is 14.8. The van der Waals surface area contributed by atoms with Crippen molar-refractivity contribution in [3.63, 3.8) is 0 Å². The number of hydrogen-bond acceptors (Lipinski definition) is 2. The first-order chi connectivity index (χ1) is 6.65. The number of H-pyrrole nitrogens is 1. The Labute approximate surface area is 91.6 Å². The van der Waals surface area contributed by atoms with Gasteiger partial charge in [0.2, 0.25) is 5.91 Å². The minimum atomic E-state index is -0.125. The number of amides is 1. The number of nitrogens with one attached hydrogen (secondary N) is 2. The van der Waals surface area contributed by atoms with Crippen LogP contribution in [0, 0.1) is 0 Å². The number of carbonyl (C=O) groups is 1. The van der Waals surface area contributed by atoms with Gasteiger partial charge in [0.1, 0.15) is 5.82 Å². The number of alkyl halides is 1. The van der Waals surface area contributed by atoms with E-state index >= 15 is 0 Å². The molecule has 1 aromatic heterocycles. The maximum atomic E-state index is 11.5. The van der Waals surface area contributed by atoms with Gasteiger partial charge in [-0.25, -0.2) is 4.98 Å². The van der Waals surface area contributed by atoms with Crippen molar-refractivity contribution in [2.24, 2.45) is 0 Å². The summed E-state index contributed by atoms with van der Waals surface area (Å²) in [6.07, 6.45) is 4.18.